The first kappa shape index (κ1) is 15.8. The molecule has 1 heterocycles. The molecule has 124 valence electrons. The first-order valence-corrected chi connectivity index (χ1v) is 8.77. The Labute approximate surface area is 132 Å². The molecule has 5 nitrogen and oxygen atoms in total. The van der Waals surface area contributed by atoms with Gasteiger partial charge in [-0.3, -0.25) is 9.59 Å². The molecule has 0 unspecified atom stereocenters. The number of rotatable bonds is 5. The second-order valence-electron chi connectivity index (χ2n) is 7.11. The minimum Gasteiger partial charge on any atom is -0.480 e. The van der Waals surface area contributed by atoms with Gasteiger partial charge in [0.25, 0.3) is 0 Å². The molecule has 3 fully saturated rings. The maximum atomic E-state index is 12.8. The summed E-state index contributed by atoms with van der Waals surface area (Å²) in [6.07, 6.45) is 8.93. The van der Waals surface area contributed by atoms with E-state index in [0.29, 0.717) is 25.0 Å². The highest BCUT2D eigenvalue weighted by molar-refractivity contribution is 5.85. The molecule has 5 heteroatoms. The summed E-state index contributed by atoms with van der Waals surface area (Å²) in [6.45, 7) is 1.10. The molecular weight excluding hydrogens is 282 g/mol. The van der Waals surface area contributed by atoms with Gasteiger partial charge in [-0.15, -0.1) is 0 Å². The van der Waals surface area contributed by atoms with Gasteiger partial charge in [0.05, 0.1) is 0 Å². The van der Waals surface area contributed by atoms with Crippen molar-refractivity contribution in [3.8, 4) is 0 Å². The minimum atomic E-state index is -0.908. The van der Waals surface area contributed by atoms with Gasteiger partial charge in [0.15, 0.2) is 0 Å². The Bertz CT molecular complexity index is 413. The van der Waals surface area contributed by atoms with E-state index in [-0.39, 0.29) is 24.4 Å². The van der Waals surface area contributed by atoms with Gasteiger partial charge < -0.3 is 14.7 Å². The number of amides is 1. The lowest BCUT2D eigenvalue weighted by atomic mass is 9.85. The van der Waals surface area contributed by atoms with Gasteiger partial charge in [-0.1, -0.05) is 32.1 Å². The van der Waals surface area contributed by atoms with Crippen LogP contribution in [0.4, 0.5) is 0 Å². The molecule has 22 heavy (non-hydrogen) atoms. The highest BCUT2D eigenvalue weighted by Crippen LogP contribution is 2.50. The van der Waals surface area contributed by atoms with Crippen LogP contribution < -0.4 is 0 Å². The fourth-order valence-electron chi connectivity index (χ4n) is 4.32. The van der Waals surface area contributed by atoms with Crippen molar-refractivity contribution in [1.29, 1.82) is 0 Å². The smallest absolute Gasteiger partial charge is 0.323 e. The van der Waals surface area contributed by atoms with Gasteiger partial charge in [0, 0.05) is 25.2 Å². The number of carbonyl (C=O) groups is 2. The third-order valence-electron chi connectivity index (χ3n) is 5.63. The molecule has 2 atom stereocenters. The predicted molar refractivity (Wildman–Crippen MR) is 81.4 cm³/mol. The number of ether oxygens (including phenoxy) is 1. The van der Waals surface area contributed by atoms with Crippen molar-refractivity contribution >= 4 is 11.9 Å². The summed E-state index contributed by atoms with van der Waals surface area (Å²) in [5.74, 6) is 0.484. The monoisotopic (exact) mass is 309 g/mol. The van der Waals surface area contributed by atoms with Crippen molar-refractivity contribution in [1.82, 2.24) is 4.90 Å². The maximum Gasteiger partial charge on any atom is 0.323 e. The minimum absolute atomic E-state index is 0.0463. The summed E-state index contributed by atoms with van der Waals surface area (Å²) >= 11 is 0. The lowest BCUT2D eigenvalue weighted by molar-refractivity contribution is -0.148. The lowest BCUT2D eigenvalue weighted by Crippen LogP contribution is -2.47. The summed E-state index contributed by atoms with van der Waals surface area (Å²) in [5.41, 5.74) is 0. The van der Waals surface area contributed by atoms with Crippen molar-refractivity contribution in [3.05, 3.63) is 0 Å². The van der Waals surface area contributed by atoms with Crippen molar-refractivity contribution < 1.29 is 19.4 Å². The van der Waals surface area contributed by atoms with Crippen LogP contribution in [0.1, 0.15) is 51.4 Å². The Morgan fingerprint density at radius 3 is 2.36 bits per heavy atom. The van der Waals surface area contributed by atoms with Crippen molar-refractivity contribution in [2.45, 2.75) is 57.4 Å². The number of hydrogen-bond acceptors (Lipinski definition) is 3. The van der Waals surface area contributed by atoms with Crippen LogP contribution in [0.3, 0.4) is 0 Å². The van der Waals surface area contributed by atoms with Crippen molar-refractivity contribution in [3.63, 3.8) is 0 Å². The summed E-state index contributed by atoms with van der Waals surface area (Å²) in [5, 5.41) is 9.16. The van der Waals surface area contributed by atoms with E-state index in [1.54, 1.807) is 4.90 Å². The predicted octanol–water partition coefficient (Wildman–Crippen LogP) is 2.29. The molecule has 1 saturated heterocycles. The highest BCUT2D eigenvalue weighted by Gasteiger charge is 2.49. The Kier molecular flexibility index (Phi) is 5.01. The Hall–Kier alpha value is -1.10. The molecule has 2 saturated carbocycles. The molecule has 0 bridgehead atoms. The highest BCUT2D eigenvalue weighted by atomic mass is 16.5. The van der Waals surface area contributed by atoms with Gasteiger partial charge in [-0.25, -0.2) is 0 Å². The lowest BCUT2D eigenvalue weighted by Gasteiger charge is -2.33. The SMILES string of the molecule is O=C(O)CN(C(=O)[C@H]1C[C@@H]1C1CCCCC1)C1CCOCC1. The van der Waals surface area contributed by atoms with E-state index in [1.165, 1.54) is 32.1 Å². The average Bonchev–Trinajstić information content (AvgIpc) is 3.34. The van der Waals surface area contributed by atoms with E-state index in [0.717, 1.165) is 19.3 Å². The molecule has 0 aromatic heterocycles. The number of carboxylic acids is 1. The van der Waals surface area contributed by atoms with E-state index in [4.69, 9.17) is 9.84 Å². The third kappa shape index (κ3) is 3.62. The van der Waals surface area contributed by atoms with Gasteiger partial charge in [0.2, 0.25) is 5.91 Å². The topological polar surface area (TPSA) is 66.8 Å². The van der Waals surface area contributed by atoms with E-state index in [2.05, 4.69) is 0 Å². The molecule has 2 aliphatic carbocycles. The van der Waals surface area contributed by atoms with Gasteiger partial charge in [-0.2, -0.15) is 0 Å². The van der Waals surface area contributed by atoms with Crippen molar-refractivity contribution in [2.75, 3.05) is 19.8 Å². The molecular formula is C17H27NO4. The molecule has 3 rings (SSSR count). The van der Waals surface area contributed by atoms with Crippen LogP contribution in [0.15, 0.2) is 0 Å². The first-order valence-electron chi connectivity index (χ1n) is 8.77. The Morgan fingerprint density at radius 2 is 1.73 bits per heavy atom. The third-order valence-corrected chi connectivity index (χ3v) is 5.63. The zero-order valence-corrected chi connectivity index (χ0v) is 13.2. The van der Waals surface area contributed by atoms with Crippen LogP contribution in [0.2, 0.25) is 0 Å². The summed E-state index contributed by atoms with van der Waals surface area (Å²) < 4.78 is 5.34. The zero-order valence-electron chi connectivity index (χ0n) is 13.2. The molecule has 0 aromatic rings. The molecule has 1 N–H and O–H groups in total. The van der Waals surface area contributed by atoms with Gasteiger partial charge in [-0.05, 0) is 31.1 Å². The van der Waals surface area contributed by atoms with Crippen LogP contribution in [0, 0.1) is 17.8 Å². The number of carbonyl (C=O) groups excluding carboxylic acids is 1. The fraction of sp³-hybridized carbons (Fsp3) is 0.882. The summed E-state index contributed by atoms with van der Waals surface area (Å²) in [6, 6.07) is 0.0463. The molecule has 1 amide bonds. The van der Waals surface area contributed by atoms with Crippen molar-refractivity contribution in [2.24, 2.45) is 17.8 Å². The standard InChI is InChI=1S/C17H27NO4/c19-16(20)11-18(13-6-8-22-9-7-13)17(21)15-10-14(15)12-4-2-1-3-5-12/h12-15H,1-11H2,(H,19,20)/t14-,15+/m1/s1. The number of carboxylic acid groups (broad SMARTS) is 1. The fourth-order valence-corrected chi connectivity index (χ4v) is 4.32. The second kappa shape index (κ2) is 6.99. The summed E-state index contributed by atoms with van der Waals surface area (Å²) in [7, 11) is 0. The maximum absolute atomic E-state index is 12.8. The normalized spacial score (nSPS) is 30.0. The Morgan fingerprint density at radius 1 is 1.05 bits per heavy atom. The van der Waals surface area contributed by atoms with Crippen LogP contribution >= 0.6 is 0 Å². The molecule has 1 aliphatic heterocycles. The van der Waals surface area contributed by atoms with Gasteiger partial charge in [0.1, 0.15) is 6.54 Å². The van der Waals surface area contributed by atoms with Crippen LogP contribution in [0.25, 0.3) is 0 Å². The number of nitrogens with zero attached hydrogens (tertiary/aromatic N) is 1. The van der Waals surface area contributed by atoms with E-state index >= 15 is 0 Å². The molecule has 3 aliphatic rings. The number of aliphatic carboxylic acids is 1. The van der Waals surface area contributed by atoms with Crippen LogP contribution in [-0.4, -0.2) is 47.7 Å². The first-order chi connectivity index (χ1) is 10.7. The molecule has 0 spiro atoms. The van der Waals surface area contributed by atoms with Crippen LogP contribution in [-0.2, 0) is 14.3 Å². The molecule has 0 aromatic carbocycles. The number of hydrogen-bond donors (Lipinski definition) is 1. The quantitative estimate of drug-likeness (QED) is 0.846. The summed E-state index contributed by atoms with van der Waals surface area (Å²) in [4.78, 5) is 25.6. The van der Waals surface area contributed by atoms with E-state index in [9.17, 15) is 9.59 Å². The second-order valence-corrected chi connectivity index (χ2v) is 7.11. The van der Waals surface area contributed by atoms with E-state index < -0.39 is 5.97 Å². The average molecular weight is 309 g/mol. The largest absolute Gasteiger partial charge is 0.480 e. The Balaban J connectivity index is 1.60. The van der Waals surface area contributed by atoms with Crippen LogP contribution in [0.5, 0.6) is 0 Å². The van der Waals surface area contributed by atoms with Gasteiger partial charge >= 0.3 is 5.97 Å². The molecule has 0 radical (unpaired) electrons. The zero-order chi connectivity index (χ0) is 15.5. The van der Waals surface area contributed by atoms with E-state index in [1.807, 2.05) is 0 Å².